The molecule has 0 aromatic carbocycles. The molecule has 2 rings (SSSR count). The molecule has 0 aliphatic heterocycles. The molecule has 7 heteroatoms. The van der Waals surface area contributed by atoms with Crippen molar-refractivity contribution >= 4 is 17.0 Å². The summed E-state index contributed by atoms with van der Waals surface area (Å²) in [6.07, 6.45) is 1.39. The number of hydrogen-bond donors (Lipinski definition) is 2. The van der Waals surface area contributed by atoms with E-state index in [1.54, 1.807) is 0 Å². The molecule has 0 aliphatic carbocycles. The summed E-state index contributed by atoms with van der Waals surface area (Å²) in [5.74, 6) is -1.18. The van der Waals surface area contributed by atoms with Crippen LogP contribution in [0.2, 0.25) is 0 Å². The van der Waals surface area contributed by atoms with Gasteiger partial charge in [-0.1, -0.05) is 0 Å². The van der Waals surface area contributed by atoms with Crippen LogP contribution in [0, 0.1) is 0 Å². The minimum atomic E-state index is -1.18. The molecule has 2 aromatic heterocycles. The molecule has 0 aliphatic rings. The number of nitrogens with zero attached hydrogens (tertiary/aromatic N) is 2. The smallest absolute Gasteiger partial charge is 0.330 e. The van der Waals surface area contributed by atoms with Gasteiger partial charge in [0.2, 0.25) is 0 Å². The van der Waals surface area contributed by atoms with E-state index >= 15 is 0 Å². The molecule has 0 unspecified atom stereocenters. The van der Waals surface area contributed by atoms with E-state index in [1.807, 2.05) is 4.98 Å². The van der Waals surface area contributed by atoms with Gasteiger partial charge in [0.05, 0.1) is 5.39 Å². The Morgan fingerprint density at radius 1 is 1.50 bits per heavy atom. The summed E-state index contributed by atoms with van der Waals surface area (Å²) in [5, 5.41) is 8.82. The number of carboxylic acid groups (broad SMARTS) is 1. The van der Waals surface area contributed by atoms with Gasteiger partial charge in [0, 0.05) is 6.20 Å². The summed E-state index contributed by atoms with van der Waals surface area (Å²) in [4.78, 5) is 39.2. The third-order valence-electron chi connectivity index (χ3n) is 2.05. The molecular weight excluding hydrogens is 214 g/mol. The number of H-pyrrole nitrogens is 1. The predicted octanol–water partition coefficient (Wildman–Crippen LogP) is -0.831. The summed E-state index contributed by atoms with van der Waals surface area (Å²) < 4.78 is 0.902. The zero-order chi connectivity index (χ0) is 11.7. The maximum atomic E-state index is 11.4. The standard InChI is InChI=1S/C9H7N3O4/c13-6(14)4-12-7-5(2-1-3-10-7)8(15)11-9(12)16/h1-3H,4H2,(H,13,14)(H,11,15,16). The van der Waals surface area contributed by atoms with Crippen LogP contribution in [0.15, 0.2) is 27.9 Å². The largest absolute Gasteiger partial charge is 0.480 e. The zero-order valence-electron chi connectivity index (χ0n) is 8.01. The van der Waals surface area contributed by atoms with Crippen LogP contribution in [0.25, 0.3) is 11.0 Å². The Bertz CT molecular complexity index is 670. The molecule has 0 bridgehead atoms. The Balaban J connectivity index is 2.87. The van der Waals surface area contributed by atoms with E-state index in [0.717, 1.165) is 4.57 Å². The summed E-state index contributed by atoms with van der Waals surface area (Å²) in [6, 6.07) is 3.01. The molecular formula is C9H7N3O4. The number of carboxylic acids is 1. The molecule has 82 valence electrons. The molecule has 7 nitrogen and oxygen atoms in total. The van der Waals surface area contributed by atoms with Crippen LogP contribution in [0.1, 0.15) is 0 Å². The fourth-order valence-corrected chi connectivity index (χ4v) is 1.40. The third-order valence-corrected chi connectivity index (χ3v) is 2.05. The average Bonchev–Trinajstić information content (AvgIpc) is 2.24. The number of aromatic amines is 1. The Hall–Kier alpha value is -2.44. The van der Waals surface area contributed by atoms with Crippen LogP contribution in [0.5, 0.6) is 0 Å². The first-order valence-corrected chi connectivity index (χ1v) is 4.39. The summed E-state index contributed by atoms with van der Waals surface area (Å²) >= 11 is 0. The van der Waals surface area contributed by atoms with Crippen molar-refractivity contribution in [2.45, 2.75) is 6.54 Å². The van der Waals surface area contributed by atoms with Crippen LogP contribution in [0.3, 0.4) is 0 Å². The Kier molecular flexibility index (Phi) is 2.28. The predicted molar refractivity (Wildman–Crippen MR) is 54.3 cm³/mol. The number of aromatic nitrogens is 3. The van der Waals surface area contributed by atoms with Crippen molar-refractivity contribution in [3.63, 3.8) is 0 Å². The van der Waals surface area contributed by atoms with Gasteiger partial charge in [-0.05, 0) is 12.1 Å². The number of carbonyl (C=O) groups is 1. The van der Waals surface area contributed by atoms with Crippen LogP contribution >= 0.6 is 0 Å². The number of hydrogen-bond acceptors (Lipinski definition) is 4. The van der Waals surface area contributed by atoms with Gasteiger partial charge >= 0.3 is 11.7 Å². The van der Waals surface area contributed by atoms with Crippen molar-refractivity contribution in [1.82, 2.24) is 14.5 Å². The summed E-state index contributed by atoms with van der Waals surface area (Å²) in [7, 11) is 0. The van der Waals surface area contributed by atoms with Gasteiger partial charge in [-0.25, -0.2) is 9.78 Å². The second-order valence-electron chi connectivity index (χ2n) is 3.11. The third kappa shape index (κ3) is 1.58. The number of pyridine rings is 1. The molecule has 0 amide bonds. The molecule has 0 saturated carbocycles. The quantitative estimate of drug-likeness (QED) is 0.688. The first-order valence-electron chi connectivity index (χ1n) is 4.39. The zero-order valence-corrected chi connectivity index (χ0v) is 8.01. The molecule has 0 atom stereocenters. The van der Waals surface area contributed by atoms with Gasteiger partial charge < -0.3 is 5.11 Å². The van der Waals surface area contributed by atoms with Gasteiger partial charge in [0.15, 0.2) is 0 Å². The van der Waals surface area contributed by atoms with Crippen molar-refractivity contribution < 1.29 is 9.90 Å². The molecule has 0 spiro atoms. The summed E-state index contributed by atoms with van der Waals surface area (Å²) in [5.41, 5.74) is -1.29. The van der Waals surface area contributed by atoms with E-state index in [2.05, 4.69) is 4.98 Å². The van der Waals surface area contributed by atoms with Gasteiger partial charge in [-0.3, -0.25) is 19.1 Å². The number of aliphatic carboxylic acids is 1. The van der Waals surface area contributed by atoms with Gasteiger partial charge in [-0.2, -0.15) is 0 Å². The van der Waals surface area contributed by atoms with E-state index in [4.69, 9.17) is 5.11 Å². The molecule has 0 fully saturated rings. The number of nitrogens with one attached hydrogen (secondary N) is 1. The van der Waals surface area contributed by atoms with Crippen LogP contribution < -0.4 is 11.2 Å². The summed E-state index contributed by atoms with van der Waals surface area (Å²) in [6.45, 7) is -0.539. The SMILES string of the molecule is O=C(O)Cn1c(=O)[nH]c(=O)c2cccnc21. The van der Waals surface area contributed by atoms with E-state index in [-0.39, 0.29) is 11.0 Å². The Morgan fingerprint density at radius 2 is 2.25 bits per heavy atom. The highest BCUT2D eigenvalue weighted by Crippen LogP contribution is 2.01. The second kappa shape index (κ2) is 3.61. The van der Waals surface area contributed by atoms with E-state index < -0.39 is 23.8 Å². The topological polar surface area (TPSA) is 105 Å². The van der Waals surface area contributed by atoms with Crippen molar-refractivity contribution in [1.29, 1.82) is 0 Å². The lowest BCUT2D eigenvalue weighted by Crippen LogP contribution is -2.32. The highest BCUT2D eigenvalue weighted by Gasteiger charge is 2.10. The Labute approximate surface area is 88.0 Å². The highest BCUT2D eigenvalue weighted by molar-refractivity contribution is 5.75. The minimum absolute atomic E-state index is 0.0682. The maximum Gasteiger partial charge on any atom is 0.330 e. The molecule has 16 heavy (non-hydrogen) atoms. The van der Waals surface area contributed by atoms with Crippen molar-refractivity contribution in [2.24, 2.45) is 0 Å². The lowest BCUT2D eigenvalue weighted by molar-refractivity contribution is -0.137. The lowest BCUT2D eigenvalue weighted by Gasteiger charge is -2.04. The van der Waals surface area contributed by atoms with Gasteiger partial charge in [-0.15, -0.1) is 0 Å². The van der Waals surface area contributed by atoms with Crippen LogP contribution in [-0.4, -0.2) is 25.6 Å². The fraction of sp³-hybridized carbons (Fsp3) is 0.111. The lowest BCUT2D eigenvalue weighted by atomic mass is 10.3. The fourth-order valence-electron chi connectivity index (χ4n) is 1.40. The van der Waals surface area contributed by atoms with E-state index in [9.17, 15) is 14.4 Å². The number of rotatable bonds is 2. The average molecular weight is 221 g/mol. The van der Waals surface area contributed by atoms with Gasteiger partial charge in [0.25, 0.3) is 5.56 Å². The van der Waals surface area contributed by atoms with Crippen LogP contribution in [-0.2, 0) is 11.3 Å². The normalized spacial score (nSPS) is 10.5. The first-order chi connectivity index (χ1) is 7.59. The highest BCUT2D eigenvalue weighted by atomic mass is 16.4. The molecule has 2 heterocycles. The van der Waals surface area contributed by atoms with Crippen molar-refractivity contribution in [3.05, 3.63) is 39.2 Å². The van der Waals surface area contributed by atoms with Gasteiger partial charge in [0.1, 0.15) is 12.2 Å². The second-order valence-corrected chi connectivity index (χ2v) is 3.11. The molecule has 2 aromatic rings. The van der Waals surface area contributed by atoms with Crippen molar-refractivity contribution in [3.8, 4) is 0 Å². The number of fused-ring (bicyclic) bond motifs is 1. The van der Waals surface area contributed by atoms with Crippen LogP contribution in [0.4, 0.5) is 0 Å². The monoisotopic (exact) mass is 221 g/mol. The van der Waals surface area contributed by atoms with Crippen molar-refractivity contribution in [2.75, 3.05) is 0 Å². The molecule has 0 saturated heterocycles. The molecule has 2 N–H and O–H groups in total. The minimum Gasteiger partial charge on any atom is -0.480 e. The van der Waals surface area contributed by atoms with E-state index in [1.165, 1.54) is 18.3 Å². The Morgan fingerprint density at radius 3 is 2.94 bits per heavy atom. The first kappa shape index (κ1) is 10.1. The van der Waals surface area contributed by atoms with E-state index in [0.29, 0.717) is 0 Å². The maximum absolute atomic E-state index is 11.4. The molecule has 0 radical (unpaired) electrons.